The molecule has 1 saturated carbocycles. The fourth-order valence-corrected chi connectivity index (χ4v) is 3.25. The molecule has 2 fully saturated rings. The molecule has 30 heavy (non-hydrogen) atoms. The molecule has 0 aromatic heterocycles. The van der Waals surface area contributed by atoms with Gasteiger partial charge in [-0.1, -0.05) is 12.1 Å². The second-order valence-corrected chi connectivity index (χ2v) is 7.74. The first-order valence-corrected chi connectivity index (χ1v) is 10.8. The monoisotopic (exact) mass is 530 g/mol. The van der Waals surface area contributed by atoms with Gasteiger partial charge < -0.3 is 25.4 Å². The fourth-order valence-electron chi connectivity index (χ4n) is 3.25. The van der Waals surface area contributed by atoms with Crippen molar-refractivity contribution in [1.29, 1.82) is 0 Å². The third-order valence-corrected chi connectivity index (χ3v) is 5.09. The van der Waals surface area contributed by atoms with Gasteiger partial charge in [0.05, 0.1) is 12.6 Å². The molecule has 1 heterocycles. The zero-order valence-electron chi connectivity index (χ0n) is 18.0. The van der Waals surface area contributed by atoms with E-state index in [-0.39, 0.29) is 41.9 Å². The van der Waals surface area contributed by atoms with Crippen LogP contribution in [-0.2, 0) is 16.1 Å². The molecule has 0 spiro atoms. The predicted molar refractivity (Wildman–Crippen MR) is 130 cm³/mol. The van der Waals surface area contributed by atoms with E-state index in [4.69, 9.17) is 9.47 Å². The lowest BCUT2D eigenvalue weighted by molar-refractivity contribution is -0.122. The lowest BCUT2D eigenvalue weighted by Gasteiger charge is -2.16. The Hall–Kier alpha value is -1.55. The van der Waals surface area contributed by atoms with Gasteiger partial charge >= 0.3 is 0 Å². The Morgan fingerprint density at radius 2 is 2.00 bits per heavy atom. The van der Waals surface area contributed by atoms with Crippen LogP contribution in [0.5, 0.6) is 5.75 Å². The third-order valence-electron chi connectivity index (χ3n) is 5.09. The number of aliphatic imine (C=N–C) groups is 1. The smallest absolute Gasteiger partial charge is 0.223 e. The Labute approximate surface area is 196 Å². The number of hydrogen-bond acceptors (Lipinski definition) is 4. The Morgan fingerprint density at radius 3 is 2.70 bits per heavy atom. The van der Waals surface area contributed by atoms with E-state index in [9.17, 15) is 4.79 Å². The number of amides is 1. The summed E-state index contributed by atoms with van der Waals surface area (Å²) >= 11 is 0. The summed E-state index contributed by atoms with van der Waals surface area (Å²) in [4.78, 5) is 16.4. The van der Waals surface area contributed by atoms with E-state index in [2.05, 4.69) is 46.1 Å². The number of nitrogens with one attached hydrogen (secondary N) is 3. The molecular weight excluding hydrogens is 495 g/mol. The summed E-state index contributed by atoms with van der Waals surface area (Å²) in [6, 6.07) is 6.22. The summed E-state index contributed by atoms with van der Waals surface area (Å²) in [5.74, 6) is 2.02. The summed E-state index contributed by atoms with van der Waals surface area (Å²) in [6.07, 6.45) is 4.41. The summed E-state index contributed by atoms with van der Waals surface area (Å²) in [7, 11) is 0. The average Bonchev–Trinajstić information content (AvgIpc) is 3.44. The number of aryl methyl sites for hydroxylation is 1. The molecule has 2 aliphatic rings. The summed E-state index contributed by atoms with van der Waals surface area (Å²) < 4.78 is 11.7. The largest absolute Gasteiger partial charge is 0.491 e. The van der Waals surface area contributed by atoms with Crippen LogP contribution in [0.15, 0.2) is 23.2 Å². The van der Waals surface area contributed by atoms with Gasteiger partial charge in [-0.05, 0) is 51.2 Å². The molecule has 0 radical (unpaired) electrons. The van der Waals surface area contributed by atoms with Gasteiger partial charge in [-0.25, -0.2) is 4.99 Å². The van der Waals surface area contributed by atoms with Gasteiger partial charge in [0, 0.05) is 37.7 Å². The molecular formula is C22H35IN4O3. The molecule has 0 bridgehead atoms. The highest BCUT2D eigenvalue weighted by atomic mass is 127. The Balaban J connectivity index is 0.00000320. The first kappa shape index (κ1) is 24.7. The van der Waals surface area contributed by atoms with Crippen LogP contribution in [0.2, 0.25) is 0 Å². The van der Waals surface area contributed by atoms with Crippen LogP contribution in [0.4, 0.5) is 0 Å². The Bertz CT molecular complexity index is 704. The fraction of sp³-hybridized carbons (Fsp3) is 0.636. The zero-order valence-corrected chi connectivity index (χ0v) is 20.4. The Kier molecular flexibility index (Phi) is 10.7. The molecule has 8 heteroatoms. The number of benzene rings is 1. The minimum atomic E-state index is 0. The molecule has 1 unspecified atom stereocenters. The number of hydrogen-bond donors (Lipinski definition) is 3. The van der Waals surface area contributed by atoms with Crippen molar-refractivity contribution in [3.05, 3.63) is 29.3 Å². The van der Waals surface area contributed by atoms with Gasteiger partial charge in [-0.2, -0.15) is 0 Å². The number of carbonyl (C=O) groups excluding carboxylic acids is 1. The minimum Gasteiger partial charge on any atom is -0.491 e. The first-order chi connectivity index (χ1) is 14.2. The molecule has 1 aromatic carbocycles. The maximum Gasteiger partial charge on any atom is 0.223 e. The highest BCUT2D eigenvalue weighted by molar-refractivity contribution is 14.0. The van der Waals surface area contributed by atoms with E-state index in [1.807, 2.05) is 6.92 Å². The molecule has 3 rings (SSSR count). The van der Waals surface area contributed by atoms with Gasteiger partial charge in [-0.15, -0.1) is 24.0 Å². The van der Waals surface area contributed by atoms with Gasteiger partial charge in [-0.3, -0.25) is 4.79 Å². The van der Waals surface area contributed by atoms with E-state index in [0.717, 1.165) is 61.7 Å². The van der Waals surface area contributed by atoms with Crippen molar-refractivity contribution in [3.63, 3.8) is 0 Å². The normalized spacial score (nSPS) is 18.5. The topological polar surface area (TPSA) is 84.0 Å². The van der Waals surface area contributed by atoms with E-state index in [1.54, 1.807) is 0 Å². The van der Waals surface area contributed by atoms with Gasteiger partial charge in [0.15, 0.2) is 5.96 Å². The molecule has 1 atom stereocenters. The minimum absolute atomic E-state index is 0. The third kappa shape index (κ3) is 8.29. The summed E-state index contributed by atoms with van der Waals surface area (Å²) in [5, 5.41) is 9.48. The lowest BCUT2D eigenvalue weighted by Crippen LogP contribution is -2.41. The van der Waals surface area contributed by atoms with Crippen LogP contribution in [-0.4, -0.2) is 50.8 Å². The molecule has 1 saturated heterocycles. The molecule has 168 valence electrons. The second-order valence-electron chi connectivity index (χ2n) is 7.74. The van der Waals surface area contributed by atoms with Crippen molar-refractivity contribution >= 4 is 35.8 Å². The number of guanidine groups is 1. The van der Waals surface area contributed by atoms with Crippen LogP contribution in [0.25, 0.3) is 0 Å². The van der Waals surface area contributed by atoms with Crippen molar-refractivity contribution in [2.45, 2.75) is 52.2 Å². The van der Waals surface area contributed by atoms with Crippen LogP contribution in [0.1, 0.15) is 43.7 Å². The van der Waals surface area contributed by atoms with Crippen molar-refractivity contribution in [3.8, 4) is 5.75 Å². The number of nitrogens with zero attached hydrogens (tertiary/aromatic N) is 1. The number of halogens is 1. The zero-order chi connectivity index (χ0) is 20.5. The van der Waals surface area contributed by atoms with E-state index in [1.165, 1.54) is 0 Å². The van der Waals surface area contributed by atoms with Crippen molar-refractivity contribution < 1.29 is 14.3 Å². The van der Waals surface area contributed by atoms with Crippen LogP contribution >= 0.6 is 24.0 Å². The summed E-state index contributed by atoms with van der Waals surface area (Å²) in [5.41, 5.74) is 2.21. The quantitative estimate of drug-likeness (QED) is 0.188. The maximum atomic E-state index is 11.7. The van der Waals surface area contributed by atoms with Crippen LogP contribution in [0, 0.1) is 12.8 Å². The summed E-state index contributed by atoms with van der Waals surface area (Å²) in [6.45, 7) is 8.04. The first-order valence-electron chi connectivity index (χ1n) is 10.8. The highest BCUT2D eigenvalue weighted by Gasteiger charge is 2.28. The molecule has 3 N–H and O–H groups in total. The van der Waals surface area contributed by atoms with Crippen LogP contribution in [0.3, 0.4) is 0 Å². The Morgan fingerprint density at radius 1 is 1.20 bits per heavy atom. The van der Waals surface area contributed by atoms with Crippen molar-refractivity contribution in [1.82, 2.24) is 16.0 Å². The molecule has 1 aliphatic heterocycles. The average molecular weight is 530 g/mol. The van der Waals surface area contributed by atoms with E-state index < -0.39 is 0 Å². The SMILES string of the molecule is CCNC(=NCc1ccc(C)cc1OCC1CCCO1)NCCNC(=O)C1CC1.I. The standard InChI is InChI=1S/C22H34N4O3.HI/c1-3-23-22(25-11-10-24-21(27)17-8-9-17)26-14-18-7-6-16(2)13-20(18)29-15-19-5-4-12-28-19;/h6-7,13,17,19H,3-5,8-12,14-15H2,1-2H3,(H,24,27)(H2,23,25,26);1H. The maximum absolute atomic E-state index is 11.7. The van der Waals surface area contributed by atoms with Crippen molar-refractivity contribution in [2.75, 3.05) is 32.8 Å². The predicted octanol–water partition coefficient (Wildman–Crippen LogP) is 2.75. The lowest BCUT2D eigenvalue weighted by atomic mass is 10.1. The van der Waals surface area contributed by atoms with Gasteiger partial charge in [0.1, 0.15) is 12.4 Å². The second kappa shape index (κ2) is 13.0. The van der Waals surface area contributed by atoms with Crippen LogP contribution < -0.4 is 20.7 Å². The highest BCUT2D eigenvalue weighted by Crippen LogP contribution is 2.28. The van der Waals surface area contributed by atoms with Gasteiger partial charge in [0.2, 0.25) is 5.91 Å². The number of rotatable bonds is 10. The van der Waals surface area contributed by atoms with E-state index in [0.29, 0.717) is 26.2 Å². The molecule has 1 aliphatic carbocycles. The number of ether oxygens (including phenoxy) is 2. The number of carbonyl (C=O) groups is 1. The van der Waals surface area contributed by atoms with E-state index >= 15 is 0 Å². The molecule has 1 amide bonds. The van der Waals surface area contributed by atoms with Gasteiger partial charge in [0.25, 0.3) is 0 Å². The van der Waals surface area contributed by atoms with Crippen molar-refractivity contribution in [2.24, 2.45) is 10.9 Å². The molecule has 1 aromatic rings. The molecule has 7 nitrogen and oxygen atoms in total.